The first kappa shape index (κ1) is 15.8. The lowest BCUT2D eigenvalue weighted by atomic mass is 10.2. The van der Waals surface area contributed by atoms with Gasteiger partial charge in [-0.3, -0.25) is 9.52 Å². The molecule has 1 heterocycles. The molecule has 0 radical (unpaired) electrons. The van der Waals surface area contributed by atoms with E-state index in [1.807, 2.05) is 6.92 Å². The van der Waals surface area contributed by atoms with Crippen molar-refractivity contribution in [1.29, 1.82) is 0 Å². The fourth-order valence-electron chi connectivity index (χ4n) is 2.26. The summed E-state index contributed by atoms with van der Waals surface area (Å²) in [5.74, 6) is 0.0468. The van der Waals surface area contributed by atoms with Gasteiger partial charge in [-0.05, 0) is 50.1 Å². The highest BCUT2D eigenvalue weighted by atomic mass is 32.2. The summed E-state index contributed by atoms with van der Waals surface area (Å²) in [5.41, 5.74) is 1.16. The molecule has 0 aromatic heterocycles. The van der Waals surface area contributed by atoms with E-state index in [9.17, 15) is 13.2 Å². The van der Waals surface area contributed by atoms with Gasteiger partial charge in [0.1, 0.15) is 0 Å². The summed E-state index contributed by atoms with van der Waals surface area (Å²) in [6, 6.07) is 6.54. The number of sulfonamides is 1. The van der Waals surface area contributed by atoms with Crippen LogP contribution in [-0.2, 0) is 14.8 Å². The van der Waals surface area contributed by atoms with Crippen molar-refractivity contribution in [2.24, 2.45) is 0 Å². The van der Waals surface area contributed by atoms with Crippen LogP contribution in [0, 0.1) is 0 Å². The number of rotatable bonds is 6. The quantitative estimate of drug-likeness (QED) is 0.743. The van der Waals surface area contributed by atoms with E-state index >= 15 is 0 Å². The van der Waals surface area contributed by atoms with E-state index in [-0.39, 0.29) is 17.7 Å². The van der Waals surface area contributed by atoms with Gasteiger partial charge in [-0.2, -0.15) is 0 Å². The zero-order valence-corrected chi connectivity index (χ0v) is 12.9. The van der Waals surface area contributed by atoms with Crippen molar-refractivity contribution in [2.45, 2.75) is 32.2 Å². The average Bonchev–Trinajstić information content (AvgIpc) is 2.94. The summed E-state index contributed by atoms with van der Waals surface area (Å²) < 4.78 is 25.8. The molecular weight excluding hydrogens is 290 g/mol. The molecule has 0 bridgehead atoms. The van der Waals surface area contributed by atoms with Crippen molar-refractivity contribution in [3.63, 3.8) is 0 Å². The Labute approximate surface area is 125 Å². The Morgan fingerprint density at radius 2 is 1.95 bits per heavy atom. The van der Waals surface area contributed by atoms with Crippen LogP contribution in [0.15, 0.2) is 24.3 Å². The van der Waals surface area contributed by atoms with Crippen LogP contribution in [0.25, 0.3) is 0 Å². The maximum absolute atomic E-state index is 11.9. The molecule has 1 aliphatic rings. The predicted molar refractivity (Wildman–Crippen MR) is 83.8 cm³/mol. The van der Waals surface area contributed by atoms with Crippen LogP contribution < -0.4 is 15.4 Å². The summed E-state index contributed by atoms with van der Waals surface area (Å²) in [7, 11) is -3.28. The monoisotopic (exact) mass is 311 g/mol. The minimum absolute atomic E-state index is 0.0492. The standard InChI is InChI=1S/C14H21N3O3S/c1-2-10-21(19,20)17-12-7-5-11(6-8-12)16-14(18)13-4-3-9-15-13/h5-8,13,15,17H,2-4,9-10H2,1H3,(H,16,18). The lowest BCUT2D eigenvalue weighted by Gasteiger charge is -2.12. The summed E-state index contributed by atoms with van der Waals surface area (Å²) in [6.07, 6.45) is 2.43. The summed E-state index contributed by atoms with van der Waals surface area (Å²) >= 11 is 0. The van der Waals surface area contributed by atoms with E-state index in [1.54, 1.807) is 24.3 Å². The number of carbonyl (C=O) groups excluding carboxylic acids is 1. The third-order valence-corrected chi connectivity index (χ3v) is 4.77. The summed E-state index contributed by atoms with van der Waals surface area (Å²) in [5, 5.41) is 5.95. The van der Waals surface area contributed by atoms with Gasteiger partial charge >= 0.3 is 0 Å². The van der Waals surface area contributed by atoms with Gasteiger partial charge in [0.25, 0.3) is 0 Å². The van der Waals surface area contributed by atoms with Crippen molar-refractivity contribution in [3.05, 3.63) is 24.3 Å². The third kappa shape index (κ3) is 4.71. The molecule has 1 amide bonds. The van der Waals surface area contributed by atoms with E-state index in [4.69, 9.17) is 0 Å². The highest BCUT2D eigenvalue weighted by molar-refractivity contribution is 7.92. The SMILES string of the molecule is CCCS(=O)(=O)Nc1ccc(NC(=O)C2CCCN2)cc1. The number of hydrogen-bond acceptors (Lipinski definition) is 4. The van der Waals surface area contributed by atoms with Crippen molar-refractivity contribution in [3.8, 4) is 0 Å². The molecule has 1 atom stereocenters. The Bertz CT molecular complexity index is 578. The van der Waals surface area contributed by atoms with Crippen LogP contribution in [0.1, 0.15) is 26.2 Å². The molecule has 1 aromatic carbocycles. The molecule has 1 aromatic rings. The van der Waals surface area contributed by atoms with E-state index < -0.39 is 10.0 Å². The molecule has 0 spiro atoms. The molecule has 2 rings (SSSR count). The molecule has 6 nitrogen and oxygen atoms in total. The molecule has 1 aliphatic heterocycles. The lowest BCUT2D eigenvalue weighted by Crippen LogP contribution is -2.35. The smallest absolute Gasteiger partial charge is 0.241 e. The van der Waals surface area contributed by atoms with E-state index in [0.29, 0.717) is 17.8 Å². The van der Waals surface area contributed by atoms with Crippen molar-refractivity contribution in [2.75, 3.05) is 22.3 Å². The van der Waals surface area contributed by atoms with Crippen molar-refractivity contribution < 1.29 is 13.2 Å². The molecule has 3 N–H and O–H groups in total. The summed E-state index contributed by atoms with van der Waals surface area (Å²) in [6.45, 7) is 2.69. The highest BCUT2D eigenvalue weighted by Gasteiger charge is 2.21. The number of carbonyl (C=O) groups is 1. The van der Waals surface area contributed by atoms with Gasteiger partial charge in [0.05, 0.1) is 11.8 Å². The number of hydrogen-bond donors (Lipinski definition) is 3. The van der Waals surface area contributed by atoms with Crippen LogP contribution in [0.3, 0.4) is 0 Å². The van der Waals surface area contributed by atoms with Gasteiger partial charge in [-0.15, -0.1) is 0 Å². The van der Waals surface area contributed by atoms with Crippen molar-refractivity contribution >= 4 is 27.3 Å². The van der Waals surface area contributed by atoms with E-state index in [2.05, 4.69) is 15.4 Å². The number of nitrogens with one attached hydrogen (secondary N) is 3. The number of benzene rings is 1. The van der Waals surface area contributed by atoms with Crippen LogP contribution in [0.2, 0.25) is 0 Å². The Hall–Kier alpha value is -1.60. The van der Waals surface area contributed by atoms with Crippen LogP contribution in [-0.4, -0.2) is 32.7 Å². The first-order valence-electron chi connectivity index (χ1n) is 7.15. The highest BCUT2D eigenvalue weighted by Crippen LogP contribution is 2.16. The lowest BCUT2D eigenvalue weighted by molar-refractivity contribution is -0.117. The van der Waals surface area contributed by atoms with Crippen molar-refractivity contribution in [1.82, 2.24) is 5.32 Å². The predicted octanol–water partition coefficient (Wildman–Crippen LogP) is 1.53. The fourth-order valence-corrected chi connectivity index (χ4v) is 3.39. The minimum atomic E-state index is -3.28. The Balaban J connectivity index is 1.94. The van der Waals surface area contributed by atoms with E-state index in [0.717, 1.165) is 19.4 Å². The topological polar surface area (TPSA) is 87.3 Å². The fraction of sp³-hybridized carbons (Fsp3) is 0.500. The molecular formula is C14H21N3O3S. The molecule has 1 fully saturated rings. The van der Waals surface area contributed by atoms with E-state index in [1.165, 1.54) is 0 Å². The second-order valence-corrected chi connectivity index (χ2v) is 6.98. The minimum Gasteiger partial charge on any atom is -0.325 e. The second kappa shape index (κ2) is 6.91. The molecule has 21 heavy (non-hydrogen) atoms. The van der Waals surface area contributed by atoms with Gasteiger partial charge in [0, 0.05) is 11.4 Å². The molecule has 7 heteroatoms. The number of anilines is 2. The van der Waals surface area contributed by atoms with Gasteiger partial charge in [0.2, 0.25) is 15.9 Å². The second-order valence-electron chi connectivity index (χ2n) is 5.14. The molecule has 0 saturated carbocycles. The van der Waals surface area contributed by atoms with Gasteiger partial charge in [0.15, 0.2) is 0 Å². The Morgan fingerprint density at radius 1 is 1.29 bits per heavy atom. The molecule has 1 saturated heterocycles. The summed E-state index contributed by atoms with van der Waals surface area (Å²) in [4.78, 5) is 11.9. The normalized spacial score (nSPS) is 18.4. The third-order valence-electron chi connectivity index (χ3n) is 3.28. The molecule has 1 unspecified atom stereocenters. The van der Waals surface area contributed by atoms with Gasteiger partial charge in [-0.1, -0.05) is 6.92 Å². The van der Waals surface area contributed by atoms with Crippen LogP contribution in [0.4, 0.5) is 11.4 Å². The average molecular weight is 311 g/mol. The maximum Gasteiger partial charge on any atom is 0.241 e. The molecule has 116 valence electrons. The molecule has 0 aliphatic carbocycles. The first-order valence-corrected chi connectivity index (χ1v) is 8.80. The van der Waals surface area contributed by atoms with Crippen LogP contribution in [0.5, 0.6) is 0 Å². The van der Waals surface area contributed by atoms with Crippen LogP contribution >= 0.6 is 0 Å². The van der Waals surface area contributed by atoms with Gasteiger partial charge < -0.3 is 10.6 Å². The first-order chi connectivity index (χ1) is 10.00. The maximum atomic E-state index is 11.9. The van der Waals surface area contributed by atoms with Gasteiger partial charge in [-0.25, -0.2) is 8.42 Å². The Kier molecular flexibility index (Phi) is 5.19. The number of amides is 1. The Morgan fingerprint density at radius 3 is 2.52 bits per heavy atom. The zero-order chi connectivity index (χ0) is 15.3. The largest absolute Gasteiger partial charge is 0.325 e. The zero-order valence-electron chi connectivity index (χ0n) is 12.1.